The van der Waals surface area contributed by atoms with E-state index < -0.39 is 17.4 Å². The van der Waals surface area contributed by atoms with Crippen LogP contribution in [-0.2, 0) is 0 Å². The average Bonchev–Trinajstić information content (AvgIpc) is 2.57. The summed E-state index contributed by atoms with van der Waals surface area (Å²) in [6, 6.07) is 0. The number of hydrogen-bond donors (Lipinski definition) is 0. The van der Waals surface area contributed by atoms with Gasteiger partial charge in [0.15, 0.2) is 0 Å². The van der Waals surface area contributed by atoms with E-state index in [0.29, 0.717) is 0 Å². The van der Waals surface area contributed by atoms with Gasteiger partial charge in [0, 0.05) is 0 Å². The maximum absolute atomic E-state index is 2.52. The van der Waals surface area contributed by atoms with Crippen molar-refractivity contribution in [2.75, 3.05) is 0 Å². The van der Waals surface area contributed by atoms with Gasteiger partial charge < -0.3 is 0 Å². The third kappa shape index (κ3) is 6.22. The fourth-order valence-corrected chi connectivity index (χ4v) is 42.2. The summed E-state index contributed by atoms with van der Waals surface area (Å²) in [5.74, 6) is 0. The second kappa shape index (κ2) is 10.2. The van der Waals surface area contributed by atoms with Gasteiger partial charge in [0.1, 0.15) is 0 Å². The van der Waals surface area contributed by atoms with Crippen LogP contribution in [0, 0.1) is 0 Å². The second-order valence-electron chi connectivity index (χ2n) is 6.23. The Balaban J connectivity index is 1.58. The molecule has 0 nitrogen and oxygen atoms in total. The van der Waals surface area contributed by atoms with Crippen LogP contribution in [0.15, 0.2) is 36.5 Å². The van der Waals surface area contributed by atoms with E-state index >= 15 is 0 Å². The molecule has 4 heteroatoms. The zero-order chi connectivity index (χ0) is 15.0. The SMILES string of the molecule is C1=CC([S][Bi]([S]C2C=CCCC2)[S]C2C=CCCC2)CCC1. The van der Waals surface area contributed by atoms with Gasteiger partial charge in [-0.15, -0.1) is 0 Å². The van der Waals surface area contributed by atoms with Crippen molar-refractivity contribution >= 4 is 42.9 Å². The first-order chi connectivity index (χ1) is 10.9. The van der Waals surface area contributed by atoms with E-state index in [1.165, 1.54) is 57.8 Å². The van der Waals surface area contributed by atoms with Gasteiger partial charge in [-0.25, -0.2) is 0 Å². The number of rotatable bonds is 6. The molecule has 0 radical (unpaired) electrons. The van der Waals surface area contributed by atoms with Crippen molar-refractivity contribution in [3.8, 4) is 0 Å². The second-order valence-corrected chi connectivity index (χ2v) is 33.5. The van der Waals surface area contributed by atoms with E-state index in [1.807, 2.05) is 0 Å². The summed E-state index contributed by atoms with van der Waals surface area (Å²) in [7, 11) is 7.28. The van der Waals surface area contributed by atoms with Crippen LogP contribution in [0.5, 0.6) is 0 Å². The fourth-order valence-electron chi connectivity index (χ4n) is 3.01. The average molecular weight is 549 g/mol. The summed E-state index contributed by atoms with van der Waals surface area (Å²) in [5, 5.41) is 2.52. The standard InChI is InChI=1S/3C6H10S.Bi/c3*7-6-4-2-1-3-5-6;/h3*2,4,6-7H,1,3,5H2;/q;;;+3/p-3. The number of allylic oxidation sites excluding steroid dienone is 3. The summed E-state index contributed by atoms with van der Waals surface area (Å²) >= 11 is -1.58. The summed E-state index contributed by atoms with van der Waals surface area (Å²) in [4.78, 5) is 0. The van der Waals surface area contributed by atoms with Crippen LogP contribution in [0.2, 0.25) is 0 Å². The van der Waals surface area contributed by atoms with E-state index in [0.717, 1.165) is 15.7 Å². The molecule has 0 saturated carbocycles. The van der Waals surface area contributed by atoms with Crippen LogP contribution in [0.4, 0.5) is 0 Å². The zero-order valence-corrected chi connectivity index (χ0v) is 19.2. The van der Waals surface area contributed by atoms with Crippen molar-refractivity contribution in [3.05, 3.63) is 36.5 Å². The molecule has 3 aliphatic rings. The third-order valence-electron chi connectivity index (χ3n) is 4.29. The molecule has 122 valence electrons. The molecule has 3 aliphatic carbocycles. The maximum atomic E-state index is 2.52. The minimum absolute atomic E-state index is 0.840. The van der Waals surface area contributed by atoms with Gasteiger partial charge in [0.25, 0.3) is 0 Å². The molecule has 0 aromatic heterocycles. The van der Waals surface area contributed by atoms with Gasteiger partial charge in [-0.3, -0.25) is 0 Å². The van der Waals surface area contributed by atoms with Crippen molar-refractivity contribution in [3.63, 3.8) is 0 Å². The zero-order valence-electron chi connectivity index (χ0n) is 13.2. The molecule has 0 spiro atoms. The molecule has 22 heavy (non-hydrogen) atoms. The molecule has 0 saturated heterocycles. The first-order valence-electron chi connectivity index (χ1n) is 8.70. The van der Waals surface area contributed by atoms with E-state index in [-0.39, 0.29) is 0 Å². The molecular weight excluding hydrogens is 521 g/mol. The summed E-state index contributed by atoms with van der Waals surface area (Å²) in [6.45, 7) is 0. The van der Waals surface area contributed by atoms with Crippen molar-refractivity contribution in [2.24, 2.45) is 0 Å². The first-order valence-corrected chi connectivity index (χ1v) is 24.0. The van der Waals surface area contributed by atoms with Crippen molar-refractivity contribution in [2.45, 2.75) is 73.5 Å². The van der Waals surface area contributed by atoms with Gasteiger partial charge in [-0.05, 0) is 0 Å². The molecule has 0 heterocycles. The summed E-state index contributed by atoms with van der Waals surface area (Å²) in [5.41, 5.74) is 0. The van der Waals surface area contributed by atoms with Crippen LogP contribution >= 0.6 is 25.6 Å². The van der Waals surface area contributed by atoms with Crippen molar-refractivity contribution in [1.29, 1.82) is 0 Å². The molecule has 0 fully saturated rings. The molecule has 0 aromatic carbocycles. The molecule has 0 aromatic rings. The normalized spacial score (nSPS) is 31.8. The summed E-state index contributed by atoms with van der Waals surface area (Å²) < 4.78 is 0. The Kier molecular flexibility index (Phi) is 8.34. The van der Waals surface area contributed by atoms with Gasteiger partial charge >= 0.3 is 153 Å². The van der Waals surface area contributed by atoms with Crippen LogP contribution < -0.4 is 0 Å². The fraction of sp³-hybridized carbons (Fsp3) is 0.667. The molecule has 0 N–H and O–H groups in total. The minimum atomic E-state index is -1.58. The Labute approximate surface area is 151 Å². The topological polar surface area (TPSA) is 0 Å². The third-order valence-corrected chi connectivity index (χ3v) is 35.9. The molecule has 3 atom stereocenters. The predicted molar refractivity (Wildman–Crippen MR) is 109 cm³/mol. The Hall–Kier alpha value is 1.15. The first kappa shape index (κ1) is 18.0. The van der Waals surface area contributed by atoms with Crippen LogP contribution in [-0.4, -0.2) is 33.1 Å². The van der Waals surface area contributed by atoms with E-state index in [1.54, 1.807) is 0 Å². The van der Waals surface area contributed by atoms with E-state index in [2.05, 4.69) is 62.0 Å². The molecule has 3 rings (SSSR count). The molecule has 3 unspecified atom stereocenters. The Morgan fingerprint density at radius 2 is 0.955 bits per heavy atom. The summed E-state index contributed by atoms with van der Waals surface area (Å²) in [6.07, 6.45) is 27.3. The quantitative estimate of drug-likeness (QED) is 0.275. The Bertz CT molecular complexity index is 357. The Morgan fingerprint density at radius 1 is 0.591 bits per heavy atom. The molecule has 0 aliphatic heterocycles. The monoisotopic (exact) mass is 548 g/mol. The number of hydrogen-bond acceptors (Lipinski definition) is 3. The van der Waals surface area contributed by atoms with Gasteiger partial charge in [0.05, 0.1) is 0 Å². The van der Waals surface area contributed by atoms with Crippen molar-refractivity contribution in [1.82, 2.24) is 0 Å². The van der Waals surface area contributed by atoms with E-state index in [9.17, 15) is 0 Å². The van der Waals surface area contributed by atoms with E-state index in [4.69, 9.17) is 0 Å². The van der Waals surface area contributed by atoms with Crippen LogP contribution in [0.3, 0.4) is 0 Å². The predicted octanol–water partition coefficient (Wildman–Crippen LogP) is 6.50. The van der Waals surface area contributed by atoms with Crippen LogP contribution in [0.1, 0.15) is 57.8 Å². The van der Waals surface area contributed by atoms with Crippen LogP contribution in [0.25, 0.3) is 0 Å². The molecule has 0 amide bonds. The van der Waals surface area contributed by atoms with Gasteiger partial charge in [-0.2, -0.15) is 0 Å². The molecule has 0 bridgehead atoms. The van der Waals surface area contributed by atoms with Gasteiger partial charge in [0.2, 0.25) is 0 Å². The van der Waals surface area contributed by atoms with Gasteiger partial charge in [-0.1, -0.05) is 0 Å². The Morgan fingerprint density at radius 3 is 1.23 bits per heavy atom. The molecular formula is C18H27BiS3. The van der Waals surface area contributed by atoms with Crippen molar-refractivity contribution < 1.29 is 0 Å².